The Kier molecular flexibility index (Phi) is 6.13. The van der Waals surface area contributed by atoms with Gasteiger partial charge in [0, 0.05) is 24.3 Å². The van der Waals surface area contributed by atoms with Gasteiger partial charge in [0.2, 0.25) is 0 Å². The molecule has 1 aromatic carbocycles. The van der Waals surface area contributed by atoms with E-state index in [-0.39, 0.29) is 12.5 Å². The van der Waals surface area contributed by atoms with Crippen molar-refractivity contribution in [2.45, 2.75) is 19.8 Å². The number of carbonyl (C=O) groups is 1. The molecule has 8 heteroatoms. The molecule has 0 spiro atoms. The Hall–Kier alpha value is -1.97. The average Bonchev–Trinajstić information content (AvgIpc) is 2.61. The van der Waals surface area contributed by atoms with Crippen LogP contribution in [-0.4, -0.2) is 40.8 Å². The highest BCUT2D eigenvalue weighted by Crippen LogP contribution is 2.31. The number of piperidine rings is 1. The third-order valence-corrected chi connectivity index (χ3v) is 5.31. The number of likely N-dealkylation sites (tertiary alicyclic amines) is 1. The van der Waals surface area contributed by atoms with E-state index in [2.05, 4.69) is 27.6 Å². The Morgan fingerprint density at radius 2 is 1.93 bits per heavy atom. The predicted molar refractivity (Wildman–Crippen MR) is 105 cm³/mol. The first-order chi connectivity index (χ1) is 12.8. The van der Waals surface area contributed by atoms with E-state index in [0.717, 1.165) is 3.70 Å². The Labute approximate surface area is 169 Å². The van der Waals surface area contributed by atoms with Crippen LogP contribution >= 0.6 is 22.6 Å². The predicted octanol–water partition coefficient (Wildman–Crippen LogP) is 4.71. The lowest BCUT2D eigenvalue weighted by Gasteiger charge is -2.29. The molecule has 1 N–H and O–H groups in total. The molecule has 27 heavy (non-hydrogen) atoms. The molecule has 1 aliphatic heterocycles. The van der Waals surface area contributed by atoms with Crippen molar-refractivity contribution in [1.29, 1.82) is 0 Å². The Morgan fingerprint density at radius 3 is 2.48 bits per heavy atom. The quantitative estimate of drug-likeness (QED) is 0.501. The van der Waals surface area contributed by atoms with E-state index in [4.69, 9.17) is 9.84 Å². The van der Waals surface area contributed by atoms with Crippen molar-refractivity contribution in [3.8, 4) is 16.9 Å². The average molecular weight is 488 g/mol. The van der Waals surface area contributed by atoms with E-state index in [1.54, 1.807) is 19.1 Å². The molecule has 144 valence electrons. The summed E-state index contributed by atoms with van der Waals surface area (Å²) < 4.78 is 35.1. The molecular weight excluding hydrogens is 469 g/mol. The summed E-state index contributed by atoms with van der Waals surface area (Å²) in [7, 11) is 0. The summed E-state index contributed by atoms with van der Waals surface area (Å²) in [5.74, 6) is -1.84. The van der Waals surface area contributed by atoms with Crippen LogP contribution in [0.25, 0.3) is 11.1 Å². The lowest BCUT2D eigenvalue weighted by Crippen LogP contribution is -2.38. The standard InChI is InChI=1S/C19H19F2IN2O3/c1-11-14(2-3-17(22)23-11)13-8-15(20)18(16(21)9-13)27-10-12-4-6-24(7-5-12)19(25)26/h2-3,8-9,12H,4-7,10H2,1H3,(H,25,26). The van der Waals surface area contributed by atoms with Crippen molar-refractivity contribution in [3.05, 3.63) is 45.3 Å². The molecule has 1 fully saturated rings. The van der Waals surface area contributed by atoms with Crippen molar-refractivity contribution in [2.75, 3.05) is 19.7 Å². The molecule has 5 nitrogen and oxygen atoms in total. The van der Waals surface area contributed by atoms with Gasteiger partial charge in [-0.1, -0.05) is 0 Å². The number of rotatable bonds is 4. The minimum Gasteiger partial charge on any atom is -0.487 e. The molecule has 0 atom stereocenters. The summed E-state index contributed by atoms with van der Waals surface area (Å²) >= 11 is 2.08. The van der Waals surface area contributed by atoms with Gasteiger partial charge in [0.25, 0.3) is 0 Å². The Morgan fingerprint density at radius 1 is 1.30 bits per heavy atom. The van der Waals surface area contributed by atoms with Gasteiger partial charge in [-0.05, 0) is 78.1 Å². The van der Waals surface area contributed by atoms with Crippen LogP contribution in [0.5, 0.6) is 5.75 Å². The minimum atomic E-state index is -0.942. The van der Waals surface area contributed by atoms with Gasteiger partial charge in [-0.15, -0.1) is 0 Å². The van der Waals surface area contributed by atoms with E-state index < -0.39 is 23.5 Å². The van der Waals surface area contributed by atoms with Gasteiger partial charge in [-0.3, -0.25) is 0 Å². The molecule has 2 heterocycles. The number of aromatic nitrogens is 1. The number of amides is 1. The number of benzene rings is 1. The van der Waals surface area contributed by atoms with E-state index in [1.807, 2.05) is 0 Å². The van der Waals surface area contributed by atoms with Gasteiger partial charge in [0.15, 0.2) is 17.4 Å². The van der Waals surface area contributed by atoms with Crippen molar-refractivity contribution >= 4 is 28.7 Å². The van der Waals surface area contributed by atoms with Crippen LogP contribution in [-0.2, 0) is 0 Å². The molecule has 2 aromatic rings. The Balaban J connectivity index is 1.70. The van der Waals surface area contributed by atoms with Gasteiger partial charge in [-0.2, -0.15) is 0 Å². The number of hydrogen-bond acceptors (Lipinski definition) is 3. The number of carboxylic acid groups (broad SMARTS) is 1. The summed E-state index contributed by atoms with van der Waals surface area (Å²) in [4.78, 5) is 16.6. The van der Waals surface area contributed by atoms with Gasteiger partial charge >= 0.3 is 6.09 Å². The van der Waals surface area contributed by atoms with Crippen LogP contribution in [0, 0.1) is 28.2 Å². The van der Waals surface area contributed by atoms with Crippen LogP contribution in [0.2, 0.25) is 0 Å². The summed E-state index contributed by atoms with van der Waals surface area (Å²) in [6.45, 7) is 2.77. The zero-order valence-corrected chi connectivity index (χ0v) is 16.9. The van der Waals surface area contributed by atoms with Gasteiger partial charge in [0.05, 0.1) is 6.61 Å². The third-order valence-electron chi connectivity index (χ3n) is 4.71. The third kappa shape index (κ3) is 4.66. The normalized spacial score (nSPS) is 15.0. The number of hydrogen-bond donors (Lipinski definition) is 1. The Bertz CT molecular complexity index is 832. The first-order valence-electron chi connectivity index (χ1n) is 8.58. The smallest absolute Gasteiger partial charge is 0.407 e. The summed E-state index contributed by atoms with van der Waals surface area (Å²) in [6.07, 6.45) is 0.282. The lowest BCUT2D eigenvalue weighted by molar-refractivity contribution is 0.110. The maximum atomic E-state index is 14.5. The molecule has 0 unspecified atom stereocenters. The van der Waals surface area contributed by atoms with E-state index in [1.165, 1.54) is 17.0 Å². The fourth-order valence-corrected chi connectivity index (χ4v) is 3.72. The van der Waals surface area contributed by atoms with Gasteiger partial charge < -0.3 is 14.7 Å². The zero-order chi connectivity index (χ0) is 19.6. The lowest BCUT2D eigenvalue weighted by atomic mass is 9.98. The number of pyridine rings is 1. The molecule has 1 amide bonds. The van der Waals surface area contributed by atoms with Gasteiger partial charge in [0.1, 0.15) is 3.70 Å². The highest BCUT2D eigenvalue weighted by molar-refractivity contribution is 14.1. The topological polar surface area (TPSA) is 62.7 Å². The van der Waals surface area contributed by atoms with E-state index in [9.17, 15) is 13.6 Å². The number of aryl methyl sites for hydroxylation is 1. The van der Waals surface area contributed by atoms with E-state index in [0.29, 0.717) is 42.8 Å². The maximum absolute atomic E-state index is 14.5. The zero-order valence-electron chi connectivity index (χ0n) is 14.7. The van der Waals surface area contributed by atoms with E-state index >= 15 is 0 Å². The monoisotopic (exact) mass is 488 g/mol. The van der Waals surface area contributed by atoms with Crippen LogP contribution in [0.1, 0.15) is 18.5 Å². The number of halogens is 3. The number of nitrogens with zero attached hydrogens (tertiary/aromatic N) is 2. The van der Waals surface area contributed by atoms with Gasteiger partial charge in [-0.25, -0.2) is 18.6 Å². The van der Waals surface area contributed by atoms with Crippen LogP contribution < -0.4 is 4.74 Å². The first kappa shape index (κ1) is 19.8. The second-order valence-corrected chi connectivity index (χ2v) is 7.67. The molecule has 3 rings (SSSR count). The second kappa shape index (κ2) is 8.37. The first-order valence-corrected chi connectivity index (χ1v) is 9.66. The van der Waals surface area contributed by atoms with Crippen LogP contribution in [0.15, 0.2) is 24.3 Å². The molecule has 0 aliphatic carbocycles. The van der Waals surface area contributed by atoms with Crippen molar-refractivity contribution in [2.24, 2.45) is 5.92 Å². The van der Waals surface area contributed by atoms with Crippen LogP contribution in [0.3, 0.4) is 0 Å². The SMILES string of the molecule is Cc1nc(I)ccc1-c1cc(F)c(OCC2CCN(C(=O)O)CC2)c(F)c1. The molecular formula is C19H19F2IN2O3. The molecule has 0 radical (unpaired) electrons. The van der Waals surface area contributed by atoms with Crippen molar-refractivity contribution < 1.29 is 23.4 Å². The molecule has 0 bridgehead atoms. The number of ether oxygens (including phenoxy) is 1. The maximum Gasteiger partial charge on any atom is 0.407 e. The molecule has 1 aliphatic rings. The highest BCUT2D eigenvalue weighted by atomic mass is 127. The minimum absolute atomic E-state index is 0.0710. The fraction of sp³-hybridized carbons (Fsp3) is 0.368. The largest absolute Gasteiger partial charge is 0.487 e. The highest BCUT2D eigenvalue weighted by Gasteiger charge is 2.24. The van der Waals surface area contributed by atoms with Crippen molar-refractivity contribution in [3.63, 3.8) is 0 Å². The van der Waals surface area contributed by atoms with Crippen LogP contribution in [0.4, 0.5) is 13.6 Å². The molecule has 0 saturated carbocycles. The fourth-order valence-electron chi connectivity index (χ4n) is 3.18. The molecule has 1 aromatic heterocycles. The van der Waals surface area contributed by atoms with Crippen molar-refractivity contribution in [1.82, 2.24) is 9.88 Å². The molecule has 1 saturated heterocycles. The summed E-state index contributed by atoms with van der Waals surface area (Å²) in [5.41, 5.74) is 1.77. The summed E-state index contributed by atoms with van der Waals surface area (Å²) in [6, 6.07) is 6.08. The summed E-state index contributed by atoms with van der Waals surface area (Å²) in [5, 5.41) is 8.95. The second-order valence-electron chi connectivity index (χ2n) is 6.56.